The largest absolute Gasteiger partial charge is 0.332 e. The minimum atomic E-state index is 0.247. The zero-order chi connectivity index (χ0) is 12.3. The molecule has 2 nitrogen and oxygen atoms in total. The van der Waals surface area contributed by atoms with Crippen molar-refractivity contribution in [1.82, 2.24) is 0 Å². The standard InChI is InChI=1S/C15H21NO/c1-12-11-16(13(2)10-15(12)17)9-8-14-6-4-3-5-7-14/h3-7,12-13H,8-11H2,1-2H3/p+1/t12-,13-/m0/s1. The molecule has 92 valence electrons. The van der Waals surface area contributed by atoms with Gasteiger partial charge in [-0.3, -0.25) is 4.79 Å². The van der Waals surface area contributed by atoms with Crippen molar-refractivity contribution in [2.24, 2.45) is 5.92 Å². The van der Waals surface area contributed by atoms with Gasteiger partial charge in [0.1, 0.15) is 5.78 Å². The summed E-state index contributed by atoms with van der Waals surface area (Å²) in [6.45, 7) is 6.41. The summed E-state index contributed by atoms with van der Waals surface area (Å²) in [5, 5.41) is 0. The van der Waals surface area contributed by atoms with Crippen molar-refractivity contribution in [1.29, 1.82) is 0 Å². The summed E-state index contributed by atoms with van der Waals surface area (Å²) in [7, 11) is 0. The fourth-order valence-corrected chi connectivity index (χ4v) is 2.65. The van der Waals surface area contributed by atoms with Crippen LogP contribution in [0.1, 0.15) is 25.8 Å². The van der Waals surface area contributed by atoms with E-state index >= 15 is 0 Å². The number of ketones is 1. The van der Waals surface area contributed by atoms with Crippen LogP contribution in [0.25, 0.3) is 0 Å². The zero-order valence-corrected chi connectivity index (χ0v) is 10.8. The third-order valence-corrected chi connectivity index (χ3v) is 3.90. The molecule has 1 unspecified atom stereocenters. The van der Waals surface area contributed by atoms with Crippen LogP contribution < -0.4 is 4.90 Å². The van der Waals surface area contributed by atoms with Crippen LogP contribution in [0.3, 0.4) is 0 Å². The number of rotatable bonds is 3. The van der Waals surface area contributed by atoms with Gasteiger partial charge in [-0.15, -0.1) is 0 Å². The van der Waals surface area contributed by atoms with E-state index in [2.05, 4.69) is 44.2 Å². The molecule has 1 heterocycles. The first-order valence-corrected chi connectivity index (χ1v) is 6.58. The molecule has 0 amide bonds. The van der Waals surface area contributed by atoms with Gasteiger partial charge in [0.15, 0.2) is 0 Å². The quantitative estimate of drug-likeness (QED) is 0.828. The normalized spacial score (nSPS) is 29.3. The third-order valence-electron chi connectivity index (χ3n) is 3.90. The summed E-state index contributed by atoms with van der Waals surface area (Å²) in [5.41, 5.74) is 1.40. The molecule has 0 spiro atoms. The summed E-state index contributed by atoms with van der Waals surface area (Å²) in [4.78, 5) is 13.2. The van der Waals surface area contributed by atoms with Gasteiger partial charge in [-0.05, 0) is 12.5 Å². The molecule has 17 heavy (non-hydrogen) atoms. The summed E-state index contributed by atoms with van der Waals surface area (Å²) in [6, 6.07) is 11.1. The Morgan fingerprint density at radius 1 is 1.24 bits per heavy atom. The Balaban J connectivity index is 1.89. The van der Waals surface area contributed by atoms with E-state index in [1.807, 2.05) is 0 Å². The lowest BCUT2D eigenvalue weighted by molar-refractivity contribution is -0.927. The van der Waals surface area contributed by atoms with Crippen LogP contribution in [0.2, 0.25) is 0 Å². The van der Waals surface area contributed by atoms with Gasteiger partial charge in [0.05, 0.1) is 31.5 Å². The number of quaternary nitrogens is 1. The van der Waals surface area contributed by atoms with E-state index in [4.69, 9.17) is 0 Å². The first-order valence-electron chi connectivity index (χ1n) is 6.58. The van der Waals surface area contributed by atoms with E-state index in [0.717, 1.165) is 25.9 Å². The van der Waals surface area contributed by atoms with Crippen LogP contribution in [0, 0.1) is 5.92 Å². The number of carbonyl (C=O) groups is 1. The molecule has 1 fully saturated rings. The van der Waals surface area contributed by atoms with Crippen LogP contribution in [-0.2, 0) is 11.2 Å². The molecule has 0 radical (unpaired) electrons. The molecule has 1 aliphatic rings. The topological polar surface area (TPSA) is 21.5 Å². The molecule has 1 aromatic rings. The lowest BCUT2D eigenvalue weighted by Crippen LogP contribution is -3.17. The average Bonchev–Trinajstić information content (AvgIpc) is 2.33. The zero-order valence-electron chi connectivity index (χ0n) is 10.8. The summed E-state index contributed by atoms with van der Waals surface area (Å²) >= 11 is 0. The number of hydrogen-bond donors (Lipinski definition) is 1. The minimum Gasteiger partial charge on any atom is -0.332 e. The predicted octanol–water partition coefficient (Wildman–Crippen LogP) is 1.11. The highest BCUT2D eigenvalue weighted by atomic mass is 16.1. The van der Waals surface area contributed by atoms with E-state index in [1.165, 1.54) is 5.56 Å². The van der Waals surface area contributed by atoms with Crippen molar-refractivity contribution in [3.05, 3.63) is 35.9 Å². The highest BCUT2D eigenvalue weighted by molar-refractivity contribution is 5.81. The Kier molecular flexibility index (Phi) is 3.95. The maximum Gasteiger partial charge on any atom is 0.147 e. The molecule has 0 saturated carbocycles. The van der Waals surface area contributed by atoms with Gasteiger partial charge < -0.3 is 4.90 Å². The Labute approximate surface area is 104 Å². The third kappa shape index (κ3) is 3.16. The molecule has 1 N–H and O–H groups in total. The van der Waals surface area contributed by atoms with Crippen molar-refractivity contribution < 1.29 is 9.69 Å². The molecule has 1 aromatic carbocycles. The maximum atomic E-state index is 11.6. The molecular weight excluding hydrogens is 210 g/mol. The molecular formula is C15H22NO+. The van der Waals surface area contributed by atoms with Crippen molar-refractivity contribution in [2.75, 3.05) is 13.1 Å². The Hall–Kier alpha value is -1.15. The SMILES string of the molecule is C[C@H]1C[NH+](CCc2ccccc2)[C@@H](C)CC1=O. The van der Waals surface area contributed by atoms with E-state index in [0.29, 0.717) is 11.8 Å². The van der Waals surface area contributed by atoms with Crippen LogP contribution >= 0.6 is 0 Å². The fraction of sp³-hybridized carbons (Fsp3) is 0.533. The lowest BCUT2D eigenvalue weighted by Gasteiger charge is -2.32. The van der Waals surface area contributed by atoms with Gasteiger partial charge in [-0.2, -0.15) is 0 Å². The number of benzene rings is 1. The van der Waals surface area contributed by atoms with E-state index < -0.39 is 0 Å². The van der Waals surface area contributed by atoms with Crippen molar-refractivity contribution in [3.63, 3.8) is 0 Å². The second kappa shape index (κ2) is 5.46. The van der Waals surface area contributed by atoms with Crippen molar-refractivity contribution >= 4 is 5.78 Å². The number of hydrogen-bond acceptors (Lipinski definition) is 1. The number of Topliss-reactive ketones (excluding diaryl/α,β-unsaturated/α-hetero) is 1. The van der Waals surface area contributed by atoms with Gasteiger partial charge in [0, 0.05) is 6.42 Å². The molecule has 0 aromatic heterocycles. The molecule has 2 rings (SSSR count). The maximum absolute atomic E-state index is 11.6. The number of carbonyl (C=O) groups excluding carboxylic acids is 1. The highest BCUT2D eigenvalue weighted by Crippen LogP contribution is 2.06. The van der Waals surface area contributed by atoms with E-state index in [-0.39, 0.29) is 5.92 Å². The highest BCUT2D eigenvalue weighted by Gasteiger charge is 2.31. The number of likely N-dealkylation sites (tertiary alicyclic amines) is 1. The Bertz CT molecular complexity index is 374. The molecule has 1 aliphatic heterocycles. The van der Waals surface area contributed by atoms with Crippen LogP contribution in [0.5, 0.6) is 0 Å². The minimum absolute atomic E-state index is 0.247. The smallest absolute Gasteiger partial charge is 0.147 e. The van der Waals surface area contributed by atoms with Crippen LogP contribution in [0.15, 0.2) is 30.3 Å². The van der Waals surface area contributed by atoms with Crippen LogP contribution in [0.4, 0.5) is 0 Å². The first-order chi connectivity index (χ1) is 8.16. The summed E-state index contributed by atoms with van der Waals surface area (Å²) in [6.07, 6.45) is 1.87. The monoisotopic (exact) mass is 232 g/mol. The molecule has 3 atom stereocenters. The second-order valence-electron chi connectivity index (χ2n) is 5.32. The molecule has 2 heteroatoms. The van der Waals surface area contributed by atoms with E-state index in [9.17, 15) is 4.79 Å². The van der Waals surface area contributed by atoms with Gasteiger partial charge in [-0.1, -0.05) is 37.3 Å². The van der Waals surface area contributed by atoms with Gasteiger partial charge in [0.2, 0.25) is 0 Å². The first kappa shape index (κ1) is 12.3. The molecule has 0 aliphatic carbocycles. The number of nitrogens with one attached hydrogen (secondary N) is 1. The second-order valence-corrected chi connectivity index (χ2v) is 5.32. The van der Waals surface area contributed by atoms with Gasteiger partial charge in [0.25, 0.3) is 0 Å². The lowest BCUT2D eigenvalue weighted by atomic mass is 9.93. The number of piperidine rings is 1. The van der Waals surface area contributed by atoms with Gasteiger partial charge >= 0.3 is 0 Å². The summed E-state index contributed by atoms with van der Waals surface area (Å²) < 4.78 is 0. The van der Waals surface area contributed by atoms with Crippen molar-refractivity contribution in [3.8, 4) is 0 Å². The Morgan fingerprint density at radius 3 is 2.65 bits per heavy atom. The Morgan fingerprint density at radius 2 is 1.94 bits per heavy atom. The molecule has 0 bridgehead atoms. The van der Waals surface area contributed by atoms with Crippen LogP contribution in [-0.4, -0.2) is 24.9 Å². The van der Waals surface area contributed by atoms with E-state index in [1.54, 1.807) is 4.90 Å². The fourth-order valence-electron chi connectivity index (χ4n) is 2.65. The summed E-state index contributed by atoms with van der Waals surface area (Å²) in [5.74, 6) is 0.693. The molecule has 1 saturated heterocycles. The van der Waals surface area contributed by atoms with Crippen molar-refractivity contribution in [2.45, 2.75) is 32.7 Å². The average molecular weight is 232 g/mol. The predicted molar refractivity (Wildman–Crippen MR) is 69.1 cm³/mol. The van der Waals surface area contributed by atoms with Gasteiger partial charge in [-0.25, -0.2) is 0 Å².